The molecular weight excluding hydrogens is 200 g/mol. The van der Waals surface area contributed by atoms with Crippen LogP contribution in [0.1, 0.15) is 40.0 Å². The Hall–Kier alpha value is -0.380. The van der Waals surface area contributed by atoms with Gasteiger partial charge in [-0.25, -0.2) is 0 Å². The summed E-state index contributed by atoms with van der Waals surface area (Å²) < 4.78 is 11.6. The highest BCUT2D eigenvalue weighted by Gasteiger charge is 2.24. The van der Waals surface area contributed by atoms with E-state index in [1.54, 1.807) is 0 Å². The molecule has 0 aromatic rings. The van der Waals surface area contributed by atoms with Gasteiger partial charge in [-0.05, 0) is 12.3 Å². The fraction of sp³-hybridized carbons (Fsp3) is 0.900. The van der Waals surface area contributed by atoms with Crippen LogP contribution in [0.2, 0.25) is 0 Å². The van der Waals surface area contributed by atoms with Gasteiger partial charge in [-0.2, -0.15) is 0 Å². The summed E-state index contributed by atoms with van der Waals surface area (Å²) in [4.78, 5) is 10.8. The molecule has 2 atom stereocenters. The Labute approximate surface area is 88.4 Å². The van der Waals surface area contributed by atoms with Gasteiger partial charge in [0.05, 0.1) is 0 Å². The molecule has 0 aromatic heterocycles. The summed E-state index contributed by atoms with van der Waals surface area (Å²) in [5, 5.41) is 8.22. The molecule has 0 aromatic carbocycles. The summed E-state index contributed by atoms with van der Waals surface area (Å²) in [6, 6.07) is 0. The summed E-state index contributed by atoms with van der Waals surface area (Å²) in [6.45, 7) is 5.91. The first kappa shape index (κ1) is 13.6. The molecule has 0 heterocycles. The Kier molecular flexibility index (Phi) is 6.79. The van der Waals surface area contributed by atoms with Crippen molar-refractivity contribution in [3.63, 3.8) is 0 Å². The van der Waals surface area contributed by atoms with E-state index in [0.29, 0.717) is 18.1 Å². The van der Waals surface area contributed by atoms with E-state index >= 15 is 0 Å². The maximum absolute atomic E-state index is 11.6. The van der Waals surface area contributed by atoms with Gasteiger partial charge in [0.15, 0.2) is 0 Å². The maximum Gasteiger partial charge on any atom is 0.319 e. The fourth-order valence-electron chi connectivity index (χ4n) is 1.20. The first-order valence-electron chi connectivity index (χ1n) is 5.09. The standard InChI is InChI=1S/C10H20O3S/c1-4-5-6-9(10(11)12)14(13)7-8(2)3/h8-9H,4-7H2,1-3H3,(H,11,12). The molecule has 0 aliphatic carbocycles. The number of carboxylic acid groups (broad SMARTS) is 1. The second kappa shape index (κ2) is 6.98. The number of unbranched alkanes of at least 4 members (excludes halogenated alkanes) is 1. The quantitative estimate of drug-likeness (QED) is 0.714. The third-order valence-corrected chi connectivity index (χ3v) is 3.98. The predicted molar refractivity (Wildman–Crippen MR) is 58.8 cm³/mol. The van der Waals surface area contributed by atoms with Crippen LogP contribution >= 0.6 is 0 Å². The Morgan fingerprint density at radius 1 is 1.43 bits per heavy atom. The minimum absolute atomic E-state index is 0.291. The van der Waals surface area contributed by atoms with Crippen molar-refractivity contribution in [1.82, 2.24) is 0 Å². The molecule has 84 valence electrons. The van der Waals surface area contributed by atoms with E-state index in [2.05, 4.69) is 0 Å². The number of rotatable bonds is 7. The molecule has 0 rings (SSSR count). The average Bonchev–Trinajstić information content (AvgIpc) is 2.02. The van der Waals surface area contributed by atoms with Crippen molar-refractivity contribution in [2.24, 2.45) is 5.92 Å². The van der Waals surface area contributed by atoms with Crippen LogP contribution in [0.15, 0.2) is 0 Å². The van der Waals surface area contributed by atoms with E-state index < -0.39 is 22.0 Å². The number of aliphatic carboxylic acids is 1. The van der Waals surface area contributed by atoms with Crippen LogP contribution in [-0.2, 0) is 15.6 Å². The van der Waals surface area contributed by atoms with Crippen molar-refractivity contribution in [3.05, 3.63) is 0 Å². The number of carbonyl (C=O) groups is 1. The van der Waals surface area contributed by atoms with E-state index in [1.165, 1.54) is 0 Å². The molecule has 0 saturated heterocycles. The van der Waals surface area contributed by atoms with Crippen molar-refractivity contribution < 1.29 is 14.1 Å². The molecule has 14 heavy (non-hydrogen) atoms. The lowest BCUT2D eigenvalue weighted by atomic mass is 10.2. The molecule has 0 bridgehead atoms. The number of carboxylic acids is 1. The topological polar surface area (TPSA) is 54.4 Å². The number of hydrogen-bond donors (Lipinski definition) is 1. The third kappa shape index (κ3) is 5.37. The van der Waals surface area contributed by atoms with Gasteiger partial charge in [-0.1, -0.05) is 33.6 Å². The summed E-state index contributed by atoms with van der Waals surface area (Å²) in [7, 11) is -1.22. The summed E-state index contributed by atoms with van der Waals surface area (Å²) in [5.41, 5.74) is 0. The summed E-state index contributed by atoms with van der Waals surface area (Å²) in [5.74, 6) is -0.141. The number of hydrogen-bond acceptors (Lipinski definition) is 2. The second-order valence-corrected chi connectivity index (χ2v) is 5.57. The highest BCUT2D eigenvalue weighted by atomic mass is 32.2. The molecule has 0 saturated carbocycles. The molecule has 0 radical (unpaired) electrons. The van der Waals surface area contributed by atoms with Crippen LogP contribution in [0, 0.1) is 5.92 Å². The van der Waals surface area contributed by atoms with Gasteiger partial charge < -0.3 is 5.11 Å². The van der Waals surface area contributed by atoms with Crippen LogP contribution < -0.4 is 0 Å². The van der Waals surface area contributed by atoms with Gasteiger partial charge in [0.25, 0.3) is 0 Å². The normalized spacial score (nSPS) is 15.4. The Morgan fingerprint density at radius 2 is 2.00 bits per heavy atom. The molecule has 0 spiro atoms. The van der Waals surface area contributed by atoms with Crippen LogP contribution in [0.5, 0.6) is 0 Å². The van der Waals surface area contributed by atoms with E-state index in [0.717, 1.165) is 12.8 Å². The summed E-state index contributed by atoms with van der Waals surface area (Å²) >= 11 is 0. The maximum atomic E-state index is 11.6. The average molecular weight is 220 g/mol. The lowest BCUT2D eigenvalue weighted by molar-refractivity contribution is -0.136. The van der Waals surface area contributed by atoms with Gasteiger partial charge in [0, 0.05) is 16.6 Å². The summed E-state index contributed by atoms with van der Waals surface area (Å²) in [6.07, 6.45) is 2.31. The van der Waals surface area contributed by atoms with Crippen LogP contribution in [-0.4, -0.2) is 26.3 Å². The van der Waals surface area contributed by atoms with Crippen LogP contribution in [0.4, 0.5) is 0 Å². The van der Waals surface area contributed by atoms with Gasteiger partial charge in [-0.15, -0.1) is 0 Å². The predicted octanol–water partition coefficient (Wildman–Crippen LogP) is 2.03. The zero-order chi connectivity index (χ0) is 11.1. The molecule has 2 unspecified atom stereocenters. The monoisotopic (exact) mass is 220 g/mol. The minimum Gasteiger partial charge on any atom is -0.480 e. The Bertz CT molecular complexity index is 202. The molecule has 4 heteroatoms. The van der Waals surface area contributed by atoms with Gasteiger partial charge in [0.1, 0.15) is 5.25 Å². The van der Waals surface area contributed by atoms with E-state index in [-0.39, 0.29) is 0 Å². The highest BCUT2D eigenvalue weighted by molar-refractivity contribution is 7.86. The molecule has 0 amide bonds. The van der Waals surface area contributed by atoms with Gasteiger partial charge in [-0.3, -0.25) is 9.00 Å². The van der Waals surface area contributed by atoms with Crippen molar-refractivity contribution >= 4 is 16.8 Å². The molecule has 3 nitrogen and oxygen atoms in total. The van der Waals surface area contributed by atoms with E-state index in [4.69, 9.17) is 5.11 Å². The first-order valence-corrected chi connectivity index (χ1v) is 6.47. The van der Waals surface area contributed by atoms with Crippen molar-refractivity contribution in [2.45, 2.75) is 45.3 Å². The molecule has 1 N–H and O–H groups in total. The van der Waals surface area contributed by atoms with Crippen molar-refractivity contribution in [1.29, 1.82) is 0 Å². The Morgan fingerprint density at radius 3 is 2.36 bits per heavy atom. The van der Waals surface area contributed by atoms with Crippen molar-refractivity contribution in [3.8, 4) is 0 Å². The molecule has 0 fully saturated rings. The zero-order valence-electron chi connectivity index (χ0n) is 9.16. The zero-order valence-corrected chi connectivity index (χ0v) is 9.97. The van der Waals surface area contributed by atoms with E-state index in [9.17, 15) is 9.00 Å². The Balaban J connectivity index is 4.19. The van der Waals surface area contributed by atoms with Gasteiger partial charge >= 0.3 is 5.97 Å². The van der Waals surface area contributed by atoms with Gasteiger partial charge in [0.2, 0.25) is 0 Å². The van der Waals surface area contributed by atoms with Crippen LogP contribution in [0.25, 0.3) is 0 Å². The molecule has 0 aliphatic heterocycles. The lowest BCUT2D eigenvalue weighted by Crippen LogP contribution is -2.28. The largest absolute Gasteiger partial charge is 0.480 e. The molecular formula is C10H20O3S. The second-order valence-electron chi connectivity index (χ2n) is 3.91. The smallest absolute Gasteiger partial charge is 0.319 e. The molecule has 0 aliphatic rings. The van der Waals surface area contributed by atoms with Crippen LogP contribution in [0.3, 0.4) is 0 Å². The SMILES string of the molecule is CCCCC(C(=O)O)S(=O)CC(C)C. The van der Waals surface area contributed by atoms with Crippen molar-refractivity contribution in [2.75, 3.05) is 5.75 Å². The lowest BCUT2D eigenvalue weighted by Gasteiger charge is -2.12. The first-order chi connectivity index (χ1) is 6.49. The van der Waals surface area contributed by atoms with E-state index in [1.807, 2.05) is 20.8 Å². The highest BCUT2D eigenvalue weighted by Crippen LogP contribution is 2.10. The fourth-order valence-corrected chi connectivity index (χ4v) is 2.75. The third-order valence-electron chi connectivity index (χ3n) is 1.91. The minimum atomic E-state index is -1.22.